The van der Waals surface area contributed by atoms with E-state index in [1.807, 2.05) is 0 Å². The van der Waals surface area contributed by atoms with E-state index >= 15 is 0 Å². The molecule has 0 saturated carbocycles. The van der Waals surface area contributed by atoms with Crippen LogP contribution in [0.2, 0.25) is 5.02 Å². The second-order valence-electron chi connectivity index (χ2n) is 3.33. The van der Waals surface area contributed by atoms with E-state index in [0.29, 0.717) is 11.1 Å². The van der Waals surface area contributed by atoms with E-state index in [9.17, 15) is 13.9 Å². The molecule has 2 aromatic rings. The summed E-state index contributed by atoms with van der Waals surface area (Å²) in [5.74, 6) is -1.28. The highest BCUT2D eigenvalue weighted by atomic mass is 35.5. The smallest absolute Gasteiger partial charge is 0.141 e. The summed E-state index contributed by atoms with van der Waals surface area (Å²) in [5.41, 5.74) is 0.987. The maximum Gasteiger partial charge on any atom is 0.141 e. The molecule has 0 saturated heterocycles. The topological polar surface area (TPSA) is 20.2 Å². The Morgan fingerprint density at radius 3 is 2.31 bits per heavy atom. The summed E-state index contributed by atoms with van der Waals surface area (Å²) < 4.78 is 25.9. The standard InChI is InChI=1S/C12H7ClF2O/c13-11-5-7(1-2-12(11)15)8-3-9(14)6-10(16)4-8/h1-6,16H. The third kappa shape index (κ3) is 2.14. The summed E-state index contributed by atoms with van der Waals surface area (Å²) in [4.78, 5) is 0. The minimum Gasteiger partial charge on any atom is -0.508 e. The molecule has 1 N–H and O–H groups in total. The molecule has 0 fully saturated rings. The van der Waals surface area contributed by atoms with E-state index in [-0.39, 0.29) is 10.8 Å². The van der Waals surface area contributed by atoms with Gasteiger partial charge in [0.2, 0.25) is 0 Å². The minimum atomic E-state index is -0.560. The van der Waals surface area contributed by atoms with Crippen LogP contribution in [-0.4, -0.2) is 5.11 Å². The highest BCUT2D eigenvalue weighted by molar-refractivity contribution is 6.31. The first-order valence-corrected chi connectivity index (χ1v) is 4.89. The molecule has 4 heteroatoms. The van der Waals surface area contributed by atoms with Crippen LogP contribution in [0, 0.1) is 11.6 Å². The Hall–Kier alpha value is -1.61. The molecule has 0 heterocycles. The summed E-state index contributed by atoms with van der Waals surface area (Å²) in [7, 11) is 0. The van der Waals surface area contributed by atoms with Crippen LogP contribution in [0.25, 0.3) is 11.1 Å². The van der Waals surface area contributed by atoms with Gasteiger partial charge in [-0.3, -0.25) is 0 Å². The van der Waals surface area contributed by atoms with Crippen molar-refractivity contribution < 1.29 is 13.9 Å². The van der Waals surface area contributed by atoms with Crippen molar-refractivity contribution in [2.45, 2.75) is 0 Å². The molecule has 0 bridgehead atoms. The van der Waals surface area contributed by atoms with Crippen molar-refractivity contribution in [1.82, 2.24) is 0 Å². The molecular formula is C12H7ClF2O. The summed E-state index contributed by atoms with van der Waals surface area (Å²) in [6, 6.07) is 7.66. The molecule has 0 radical (unpaired) electrons. The van der Waals surface area contributed by atoms with E-state index < -0.39 is 11.6 Å². The lowest BCUT2D eigenvalue weighted by Gasteiger charge is -2.04. The van der Waals surface area contributed by atoms with E-state index in [0.717, 1.165) is 6.07 Å². The first-order chi connectivity index (χ1) is 7.56. The quantitative estimate of drug-likeness (QED) is 0.799. The number of phenols is 1. The minimum absolute atomic E-state index is 0.0405. The fraction of sp³-hybridized carbons (Fsp3) is 0. The van der Waals surface area contributed by atoms with Crippen LogP contribution in [0.15, 0.2) is 36.4 Å². The molecule has 0 amide bonds. The highest BCUT2D eigenvalue weighted by Gasteiger charge is 2.05. The van der Waals surface area contributed by atoms with Gasteiger partial charge in [0.1, 0.15) is 17.4 Å². The van der Waals surface area contributed by atoms with Crippen LogP contribution in [0.3, 0.4) is 0 Å². The second-order valence-corrected chi connectivity index (χ2v) is 3.73. The van der Waals surface area contributed by atoms with E-state index in [1.54, 1.807) is 0 Å². The number of hydrogen-bond donors (Lipinski definition) is 1. The zero-order valence-electron chi connectivity index (χ0n) is 8.05. The van der Waals surface area contributed by atoms with Crippen LogP contribution in [-0.2, 0) is 0 Å². The van der Waals surface area contributed by atoms with Crippen LogP contribution >= 0.6 is 11.6 Å². The van der Waals surface area contributed by atoms with Gasteiger partial charge in [-0.15, -0.1) is 0 Å². The Balaban J connectivity index is 2.54. The molecule has 2 aromatic carbocycles. The lowest BCUT2D eigenvalue weighted by Crippen LogP contribution is -1.83. The molecule has 82 valence electrons. The second kappa shape index (κ2) is 4.10. The molecule has 1 nitrogen and oxygen atoms in total. The number of aromatic hydroxyl groups is 1. The van der Waals surface area contributed by atoms with E-state index in [1.165, 1.54) is 30.3 Å². The van der Waals surface area contributed by atoms with Gasteiger partial charge in [0.25, 0.3) is 0 Å². The lowest BCUT2D eigenvalue weighted by atomic mass is 10.1. The fourth-order valence-corrected chi connectivity index (χ4v) is 1.60. The first kappa shape index (κ1) is 10.9. The average molecular weight is 241 g/mol. The average Bonchev–Trinajstić information content (AvgIpc) is 2.20. The predicted molar refractivity (Wildman–Crippen MR) is 58.5 cm³/mol. The van der Waals surface area contributed by atoms with Gasteiger partial charge in [-0.2, -0.15) is 0 Å². The van der Waals surface area contributed by atoms with Crippen molar-refractivity contribution in [2.24, 2.45) is 0 Å². The maximum atomic E-state index is 13.0. The van der Waals surface area contributed by atoms with Crippen molar-refractivity contribution in [3.63, 3.8) is 0 Å². The van der Waals surface area contributed by atoms with Gasteiger partial charge < -0.3 is 5.11 Å². The largest absolute Gasteiger partial charge is 0.508 e. The third-order valence-electron chi connectivity index (χ3n) is 2.14. The van der Waals surface area contributed by atoms with Crippen molar-refractivity contribution in [2.75, 3.05) is 0 Å². The van der Waals surface area contributed by atoms with Crippen LogP contribution in [0.1, 0.15) is 0 Å². The molecule has 0 aliphatic carbocycles. The highest BCUT2D eigenvalue weighted by Crippen LogP contribution is 2.28. The van der Waals surface area contributed by atoms with Gasteiger partial charge in [0.15, 0.2) is 0 Å². The van der Waals surface area contributed by atoms with Crippen LogP contribution in [0.4, 0.5) is 8.78 Å². The van der Waals surface area contributed by atoms with Crippen molar-refractivity contribution in [1.29, 1.82) is 0 Å². The SMILES string of the molecule is Oc1cc(F)cc(-c2ccc(F)c(Cl)c2)c1. The van der Waals surface area contributed by atoms with Gasteiger partial charge in [-0.25, -0.2) is 8.78 Å². The molecule has 0 aromatic heterocycles. The molecule has 0 aliphatic rings. The Morgan fingerprint density at radius 2 is 1.69 bits per heavy atom. The summed E-state index contributed by atoms with van der Waals surface area (Å²) in [5, 5.41) is 9.19. The number of halogens is 3. The molecule has 0 atom stereocenters. The lowest BCUT2D eigenvalue weighted by molar-refractivity contribution is 0.469. The number of hydrogen-bond acceptors (Lipinski definition) is 1. The molecule has 16 heavy (non-hydrogen) atoms. The Bertz CT molecular complexity index is 520. The maximum absolute atomic E-state index is 13.0. The van der Waals surface area contributed by atoms with Crippen molar-refractivity contribution >= 4 is 11.6 Å². The molecule has 2 rings (SSSR count). The van der Waals surface area contributed by atoms with Crippen LogP contribution in [0.5, 0.6) is 5.75 Å². The molecule has 0 spiro atoms. The molecule has 0 unspecified atom stereocenters. The fourth-order valence-electron chi connectivity index (χ4n) is 1.42. The number of rotatable bonds is 1. The van der Waals surface area contributed by atoms with Gasteiger partial charge in [0.05, 0.1) is 5.02 Å². The van der Waals surface area contributed by atoms with Crippen molar-refractivity contribution in [3.8, 4) is 16.9 Å². The Morgan fingerprint density at radius 1 is 0.938 bits per heavy atom. The number of phenolic OH excluding ortho intramolecular Hbond substituents is 1. The Kier molecular flexibility index (Phi) is 2.79. The summed E-state index contributed by atoms with van der Waals surface area (Å²) in [6.07, 6.45) is 0. The summed E-state index contributed by atoms with van der Waals surface area (Å²) in [6.45, 7) is 0. The zero-order chi connectivity index (χ0) is 11.7. The predicted octanol–water partition coefficient (Wildman–Crippen LogP) is 3.99. The normalized spacial score (nSPS) is 10.4. The Labute approximate surface area is 95.9 Å². The van der Waals surface area contributed by atoms with E-state index in [2.05, 4.69) is 0 Å². The van der Waals surface area contributed by atoms with Gasteiger partial charge in [0, 0.05) is 6.07 Å². The molecular weight excluding hydrogens is 234 g/mol. The third-order valence-corrected chi connectivity index (χ3v) is 2.43. The van der Waals surface area contributed by atoms with E-state index in [4.69, 9.17) is 11.6 Å². The van der Waals surface area contributed by atoms with Gasteiger partial charge in [-0.05, 0) is 35.4 Å². The summed E-state index contributed by atoms with van der Waals surface area (Å²) >= 11 is 5.61. The van der Waals surface area contributed by atoms with Crippen LogP contribution < -0.4 is 0 Å². The number of benzene rings is 2. The zero-order valence-corrected chi connectivity index (χ0v) is 8.80. The monoisotopic (exact) mass is 240 g/mol. The van der Waals surface area contributed by atoms with Gasteiger partial charge in [-0.1, -0.05) is 17.7 Å². The van der Waals surface area contributed by atoms with Gasteiger partial charge >= 0.3 is 0 Å². The van der Waals surface area contributed by atoms with Crippen molar-refractivity contribution in [3.05, 3.63) is 53.1 Å². The first-order valence-electron chi connectivity index (χ1n) is 4.51. The molecule has 0 aliphatic heterocycles.